The fourth-order valence-corrected chi connectivity index (χ4v) is 3.43. The number of hydrogen-bond donors (Lipinski definition) is 1. The molecule has 2 aromatic heterocycles. The van der Waals surface area contributed by atoms with E-state index in [4.69, 9.17) is 9.84 Å². The lowest BCUT2D eigenvalue weighted by Gasteiger charge is -2.11. The highest BCUT2D eigenvalue weighted by Gasteiger charge is 2.23. The zero-order valence-corrected chi connectivity index (χ0v) is 17.2. The van der Waals surface area contributed by atoms with Crippen LogP contribution in [0.5, 0.6) is 11.8 Å². The van der Waals surface area contributed by atoms with Crippen LogP contribution in [0.25, 0.3) is 11.2 Å². The normalized spacial score (nSPS) is 11.2. The van der Waals surface area contributed by atoms with Crippen LogP contribution in [0.1, 0.15) is 12.0 Å². The van der Waals surface area contributed by atoms with Gasteiger partial charge in [-0.3, -0.25) is 18.5 Å². The molecule has 32 heavy (non-hydrogen) atoms. The average molecular weight is 442 g/mol. The van der Waals surface area contributed by atoms with E-state index in [9.17, 15) is 18.4 Å². The van der Waals surface area contributed by atoms with Gasteiger partial charge < -0.3 is 9.84 Å². The van der Waals surface area contributed by atoms with Crippen molar-refractivity contribution < 1.29 is 18.6 Å². The molecule has 0 bridgehead atoms. The molecule has 8 nitrogen and oxygen atoms in total. The first-order valence-corrected chi connectivity index (χ1v) is 9.89. The number of imidazole rings is 1. The van der Waals surface area contributed by atoms with Gasteiger partial charge in [-0.05, 0) is 24.1 Å². The third-order valence-electron chi connectivity index (χ3n) is 5.04. The van der Waals surface area contributed by atoms with Crippen LogP contribution in [-0.4, -0.2) is 30.4 Å². The Bertz CT molecular complexity index is 1390. The van der Waals surface area contributed by atoms with E-state index in [-0.39, 0.29) is 43.3 Å². The number of fused-ring (bicyclic) bond motifs is 1. The lowest BCUT2D eigenvalue weighted by molar-refractivity contribution is 0.277. The first-order valence-electron chi connectivity index (χ1n) is 9.89. The van der Waals surface area contributed by atoms with Gasteiger partial charge in [0.15, 0.2) is 22.7 Å². The van der Waals surface area contributed by atoms with Crippen LogP contribution >= 0.6 is 0 Å². The first-order chi connectivity index (χ1) is 15.4. The van der Waals surface area contributed by atoms with E-state index in [0.717, 1.165) is 16.2 Å². The second kappa shape index (κ2) is 8.75. The predicted octanol–water partition coefficient (Wildman–Crippen LogP) is 2.40. The van der Waals surface area contributed by atoms with Crippen LogP contribution in [0.15, 0.2) is 58.1 Å². The Morgan fingerprint density at radius 2 is 1.78 bits per heavy atom. The topological polar surface area (TPSA) is 91.3 Å². The smallest absolute Gasteiger partial charge is 0.332 e. The lowest BCUT2D eigenvalue weighted by atomic mass is 10.2. The second-order valence-electron chi connectivity index (χ2n) is 7.17. The van der Waals surface area contributed by atoms with Gasteiger partial charge in [0.05, 0.1) is 6.54 Å². The molecule has 1 N–H and O–H groups in total. The number of aliphatic hydroxyl groups is 1. The van der Waals surface area contributed by atoms with E-state index in [1.807, 2.05) is 30.3 Å². The van der Waals surface area contributed by atoms with Gasteiger partial charge in [-0.25, -0.2) is 9.18 Å². The highest BCUT2D eigenvalue weighted by molar-refractivity contribution is 5.72. The summed E-state index contributed by atoms with van der Waals surface area (Å²) >= 11 is 0. The molecular weight excluding hydrogens is 422 g/mol. The van der Waals surface area contributed by atoms with Crippen LogP contribution < -0.4 is 16.0 Å². The van der Waals surface area contributed by atoms with Gasteiger partial charge in [-0.15, -0.1) is 0 Å². The average Bonchev–Trinajstić information content (AvgIpc) is 3.14. The molecule has 166 valence electrons. The third kappa shape index (κ3) is 3.80. The minimum atomic E-state index is -1.19. The van der Waals surface area contributed by atoms with Gasteiger partial charge in [0, 0.05) is 20.2 Å². The third-order valence-corrected chi connectivity index (χ3v) is 5.04. The zero-order chi connectivity index (χ0) is 22.8. The van der Waals surface area contributed by atoms with Crippen LogP contribution in [0.3, 0.4) is 0 Å². The van der Waals surface area contributed by atoms with Crippen LogP contribution in [0, 0.1) is 11.6 Å². The van der Waals surface area contributed by atoms with Crippen molar-refractivity contribution in [3.8, 4) is 11.8 Å². The molecule has 0 saturated heterocycles. The number of aromatic nitrogens is 4. The number of benzene rings is 2. The maximum absolute atomic E-state index is 14.2. The summed E-state index contributed by atoms with van der Waals surface area (Å²) in [7, 11) is 1.45. The highest BCUT2D eigenvalue weighted by Crippen LogP contribution is 2.28. The lowest BCUT2D eigenvalue weighted by Crippen LogP contribution is -2.39. The van der Waals surface area contributed by atoms with Crippen molar-refractivity contribution in [2.24, 2.45) is 7.05 Å². The van der Waals surface area contributed by atoms with Crippen molar-refractivity contribution in [2.75, 3.05) is 6.61 Å². The number of hydrogen-bond acceptors (Lipinski definition) is 5. The fourth-order valence-electron chi connectivity index (χ4n) is 3.43. The molecule has 10 heteroatoms. The SMILES string of the molecule is Cn1c(=O)n(CCCO)c(=O)c2c1nc(Oc1cccc(F)c1F)n2Cc1ccccc1. The zero-order valence-electron chi connectivity index (χ0n) is 17.2. The summed E-state index contributed by atoms with van der Waals surface area (Å²) in [5.74, 6) is -2.69. The van der Waals surface area contributed by atoms with Crippen molar-refractivity contribution in [1.82, 2.24) is 18.7 Å². The Morgan fingerprint density at radius 1 is 1.03 bits per heavy atom. The summed E-state index contributed by atoms with van der Waals surface area (Å²) < 4.78 is 37.1. The molecule has 0 unspecified atom stereocenters. The van der Waals surface area contributed by atoms with E-state index in [0.29, 0.717) is 0 Å². The van der Waals surface area contributed by atoms with Gasteiger partial charge in [-0.1, -0.05) is 36.4 Å². The molecule has 0 radical (unpaired) electrons. The summed E-state index contributed by atoms with van der Waals surface area (Å²) in [6.07, 6.45) is 0.214. The molecular formula is C22H20F2N4O4. The minimum Gasteiger partial charge on any atom is -0.422 e. The van der Waals surface area contributed by atoms with Crippen LogP contribution in [-0.2, 0) is 20.1 Å². The monoisotopic (exact) mass is 442 g/mol. The molecule has 0 saturated carbocycles. The van der Waals surface area contributed by atoms with Gasteiger partial charge >= 0.3 is 11.7 Å². The number of rotatable bonds is 7. The predicted molar refractivity (Wildman–Crippen MR) is 113 cm³/mol. The number of ether oxygens (including phenoxy) is 1. The van der Waals surface area contributed by atoms with Crippen molar-refractivity contribution in [3.05, 3.63) is 86.6 Å². The van der Waals surface area contributed by atoms with E-state index in [2.05, 4.69) is 4.98 Å². The van der Waals surface area contributed by atoms with Gasteiger partial charge in [0.2, 0.25) is 5.82 Å². The Morgan fingerprint density at radius 3 is 2.50 bits per heavy atom. The van der Waals surface area contributed by atoms with Gasteiger partial charge in [0.1, 0.15) is 0 Å². The molecule has 0 aliphatic carbocycles. The Balaban J connectivity index is 1.96. The first kappa shape index (κ1) is 21.4. The molecule has 4 aromatic rings. The quantitative estimate of drug-likeness (QED) is 0.475. The van der Waals surface area contributed by atoms with Crippen molar-refractivity contribution in [3.63, 3.8) is 0 Å². The van der Waals surface area contributed by atoms with Gasteiger partial charge in [0.25, 0.3) is 5.56 Å². The number of aryl methyl sites for hydroxylation is 1. The Labute approximate surface area is 180 Å². The van der Waals surface area contributed by atoms with E-state index in [1.165, 1.54) is 28.3 Å². The molecule has 2 aromatic carbocycles. The molecule has 0 atom stereocenters. The molecule has 2 heterocycles. The molecule has 0 amide bonds. The second-order valence-corrected chi connectivity index (χ2v) is 7.17. The largest absolute Gasteiger partial charge is 0.422 e. The molecule has 0 aliphatic rings. The van der Waals surface area contributed by atoms with Crippen molar-refractivity contribution in [2.45, 2.75) is 19.5 Å². The van der Waals surface area contributed by atoms with Crippen molar-refractivity contribution in [1.29, 1.82) is 0 Å². The summed E-state index contributed by atoms with van der Waals surface area (Å²) in [5.41, 5.74) is -0.312. The van der Waals surface area contributed by atoms with Crippen molar-refractivity contribution >= 4 is 11.2 Å². The fraction of sp³-hybridized carbons (Fsp3) is 0.227. The van der Waals surface area contributed by atoms with Gasteiger partial charge in [-0.2, -0.15) is 9.37 Å². The number of halogens is 2. The van der Waals surface area contributed by atoms with Crippen LogP contribution in [0.2, 0.25) is 0 Å². The van der Waals surface area contributed by atoms with E-state index in [1.54, 1.807) is 0 Å². The molecule has 0 aliphatic heterocycles. The molecule has 0 fully saturated rings. The summed E-state index contributed by atoms with van der Waals surface area (Å²) in [6.45, 7) is -0.0374. The summed E-state index contributed by atoms with van der Waals surface area (Å²) in [5, 5.41) is 9.13. The highest BCUT2D eigenvalue weighted by atomic mass is 19.2. The standard InChI is InChI=1S/C22H20F2N4O4/c1-26-19-18(20(30)27(22(26)31)11-6-12-29)28(13-14-7-3-2-4-8-14)21(25-19)32-16-10-5-9-15(23)17(16)24/h2-5,7-10,29H,6,11-13H2,1H3. The molecule has 4 rings (SSSR count). The minimum absolute atomic E-state index is 0.0170. The van der Waals surface area contributed by atoms with E-state index >= 15 is 0 Å². The molecule has 0 spiro atoms. The summed E-state index contributed by atoms with van der Waals surface area (Å²) in [6, 6.07) is 12.4. The summed E-state index contributed by atoms with van der Waals surface area (Å²) in [4.78, 5) is 30.2. The number of nitrogens with zero attached hydrogens (tertiary/aromatic N) is 4. The number of aliphatic hydroxyl groups excluding tert-OH is 1. The van der Waals surface area contributed by atoms with E-state index < -0.39 is 28.6 Å². The Kier molecular flexibility index (Phi) is 5.87. The Hall–Kier alpha value is -3.79. The maximum Gasteiger partial charge on any atom is 0.332 e. The maximum atomic E-state index is 14.2. The van der Waals surface area contributed by atoms with Crippen LogP contribution in [0.4, 0.5) is 8.78 Å².